The van der Waals surface area contributed by atoms with Gasteiger partial charge in [-0.1, -0.05) is 30.3 Å². The molecule has 2 N–H and O–H groups in total. The molecule has 0 heterocycles. The summed E-state index contributed by atoms with van der Waals surface area (Å²) in [5, 5.41) is 0. The number of hydrogen-bond donors (Lipinski definition) is 1. The predicted octanol–water partition coefficient (Wildman–Crippen LogP) is 1.68. The fourth-order valence-corrected chi connectivity index (χ4v) is 2.10. The van der Waals surface area contributed by atoms with Gasteiger partial charge in [0.15, 0.2) is 5.78 Å². The van der Waals surface area contributed by atoms with Gasteiger partial charge < -0.3 is 5.73 Å². The molecular weight excluding hydrogens is 174 g/mol. The van der Waals surface area contributed by atoms with Crippen LogP contribution in [0.25, 0.3) is 0 Å². The average Bonchev–Trinajstić information content (AvgIpc) is 2.48. The second-order valence-electron chi connectivity index (χ2n) is 4.10. The Morgan fingerprint density at radius 1 is 1.29 bits per heavy atom. The summed E-state index contributed by atoms with van der Waals surface area (Å²) in [6, 6.07) is 10.00. The molecular formula is C12H15NO. The topological polar surface area (TPSA) is 43.1 Å². The van der Waals surface area contributed by atoms with Crippen molar-refractivity contribution in [3.8, 4) is 0 Å². The number of rotatable bonds is 2. The largest absolute Gasteiger partial charge is 0.319 e. The van der Waals surface area contributed by atoms with Gasteiger partial charge in [0.05, 0.1) is 5.54 Å². The predicted molar refractivity (Wildman–Crippen MR) is 55.9 cm³/mol. The van der Waals surface area contributed by atoms with Crippen LogP contribution in [0, 0.1) is 0 Å². The first kappa shape index (κ1) is 9.41. The Morgan fingerprint density at radius 2 is 2.00 bits per heavy atom. The second-order valence-corrected chi connectivity index (χ2v) is 4.10. The van der Waals surface area contributed by atoms with Crippen LogP contribution in [-0.4, -0.2) is 11.3 Å². The summed E-state index contributed by atoms with van der Waals surface area (Å²) in [4.78, 5) is 11.6. The lowest BCUT2D eigenvalue weighted by Gasteiger charge is -2.21. The summed E-state index contributed by atoms with van der Waals surface area (Å²) < 4.78 is 0. The number of Topliss-reactive ketones (excluding diaryl/α,β-unsaturated/α-hetero) is 1. The van der Waals surface area contributed by atoms with Crippen LogP contribution in [-0.2, 0) is 11.2 Å². The molecule has 1 aliphatic rings. The highest BCUT2D eigenvalue weighted by molar-refractivity contribution is 5.90. The van der Waals surface area contributed by atoms with E-state index in [0.717, 1.165) is 18.4 Å². The molecule has 2 heteroatoms. The van der Waals surface area contributed by atoms with Crippen LogP contribution in [0.1, 0.15) is 24.8 Å². The molecule has 0 spiro atoms. The molecule has 2 rings (SSSR count). The van der Waals surface area contributed by atoms with Gasteiger partial charge in [0.25, 0.3) is 0 Å². The molecule has 1 fully saturated rings. The first-order valence-corrected chi connectivity index (χ1v) is 5.07. The molecule has 0 aromatic heterocycles. The summed E-state index contributed by atoms with van der Waals surface area (Å²) in [5.74, 6) is 0.223. The number of carbonyl (C=O) groups excluding carboxylic acids is 1. The monoisotopic (exact) mass is 189 g/mol. The van der Waals surface area contributed by atoms with Crippen LogP contribution >= 0.6 is 0 Å². The Hall–Kier alpha value is -1.15. The zero-order valence-electron chi connectivity index (χ0n) is 8.20. The van der Waals surface area contributed by atoms with Crippen molar-refractivity contribution in [3.05, 3.63) is 35.9 Å². The molecule has 14 heavy (non-hydrogen) atoms. The van der Waals surface area contributed by atoms with Crippen molar-refractivity contribution >= 4 is 5.78 Å². The Bertz CT molecular complexity index is 333. The lowest BCUT2D eigenvalue weighted by molar-refractivity contribution is -0.121. The Balaban J connectivity index is 2.14. The van der Waals surface area contributed by atoms with Gasteiger partial charge in [0.1, 0.15) is 0 Å². The summed E-state index contributed by atoms with van der Waals surface area (Å²) in [6.07, 6.45) is 3.12. The molecule has 74 valence electrons. The molecule has 0 amide bonds. The zero-order valence-corrected chi connectivity index (χ0v) is 8.20. The smallest absolute Gasteiger partial charge is 0.152 e. The Kier molecular flexibility index (Phi) is 2.38. The van der Waals surface area contributed by atoms with Crippen LogP contribution < -0.4 is 5.73 Å². The lowest BCUT2D eigenvalue weighted by atomic mass is 9.89. The van der Waals surface area contributed by atoms with Crippen molar-refractivity contribution in [2.45, 2.75) is 31.2 Å². The number of ketones is 1. The van der Waals surface area contributed by atoms with Crippen LogP contribution in [0.2, 0.25) is 0 Å². The molecule has 1 aromatic carbocycles. The highest BCUT2D eigenvalue weighted by Gasteiger charge is 2.37. The average molecular weight is 189 g/mol. The molecule has 0 bridgehead atoms. The Labute approximate surface area is 84.1 Å². The van der Waals surface area contributed by atoms with Gasteiger partial charge in [0.2, 0.25) is 0 Å². The van der Waals surface area contributed by atoms with Gasteiger partial charge in [-0.2, -0.15) is 0 Å². The molecule has 1 aliphatic carbocycles. The molecule has 0 radical (unpaired) electrons. The minimum atomic E-state index is -0.582. The lowest BCUT2D eigenvalue weighted by Crippen LogP contribution is -2.45. The van der Waals surface area contributed by atoms with E-state index in [9.17, 15) is 4.79 Å². The van der Waals surface area contributed by atoms with Gasteiger partial charge >= 0.3 is 0 Å². The maximum atomic E-state index is 11.6. The molecule has 2 nitrogen and oxygen atoms in total. The molecule has 0 saturated heterocycles. The van der Waals surface area contributed by atoms with E-state index in [1.54, 1.807) is 0 Å². The van der Waals surface area contributed by atoms with Crippen LogP contribution in [0.4, 0.5) is 0 Å². The maximum absolute atomic E-state index is 11.6. The van der Waals surface area contributed by atoms with E-state index in [2.05, 4.69) is 0 Å². The minimum Gasteiger partial charge on any atom is -0.319 e. The number of nitrogens with two attached hydrogens (primary N) is 1. The normalized spacial score (nSPS) is 26.8. The number of hydrogen-bond acceptors (Lipinski definition) is 2. The number of benzene rings is 1. The van der Waals surface area contributed by atoms with Gasteiger partial charge in [0, 0.05) is 6.42 Å². The van der Waals surface area contributed by atoms with Crippen molar-refractivity contribution in [2.75, 3.05) is 0 Å². The molecule has 1 atom stereocenters. The first-order chi connectivity index (χ1) is 6.71. The third kappa shape index (κ3) is 1.70. The summed E-state index contributed by atoms with van der Waals surface area (Å²) in [6.45, 7) is 0. The third-order valence-corrected chi connectivity index (χ3v) is 2.94. The Morgan fingerprint density at radius 3 is 2.57 bits per heavy atom. The van der Waals surface area contributed by atoms with Crippen molar-refractivity contribution in [3.63, 3.8) is 0 Å². The third-order valence-electron chi connectivity index (χ3n) is 2.94. The van der Waals surface area contributed by atoms with E-state index in [4.69, 9.17) is 5.73 Å². The van der Waals surface area contributed by atoms with Crippen molar-refractivity contribution in [1.82, 2.24) is 0 Å². The molecule has 0 unspecified atom stereocenters. The van der Waals surface area contributed by atoms with E-state index in [1.165, 1.54) is 0 Å². The van der Waals surface area contributed by atoms with Crippen molar-refractivity contribution < 1.29 is 4.79 Å². The first-order valence-electron chi connectivity index (χ1n) is 5.07. The standard InChI is InChI=1S/C12H15NO/c13-12(8-4-7-11(12)14)9-10-5-2-1-3-6-10/h1-3,5-6H,4,7-9,13H2/t12-/m0/s1. The zero-order chi connectivity index (χ0) is 10.0. The number of carbonyl (C=O) groups is 1. The van der Waals surface area contributed by atoms with Crippen LogP contribution in [0.15, 0.2) is 30.3 Å². The second kappa shape index (κ2) is 3.54. The van der Waals surface area contributed by atoms with Gasteiger partial charge in [-0.05, 0) is 24.8 Å². The van der Waals surface area contributed by atoms with E-state index in [1.807, 2.05) is 30.3 Å². The van der Waals surface area contributed by atoms with E-state index in [-0.39, 0.29) is 5.78 Å². The van der Waals surface area contributed by atoms with E-state index < -0.39 is 5.54 Å². The quantitative estimate of drug-likeness (QED) is 0.769. The molecule has 1 saturated carbocycles. The summed E-state index contributed by atoms with van der Waals surface area (Å²) >= 11 is 0. The molecule has 1 aromatic rings. The summed E-state index contributed by atoms with van der Waals surface area (Å²) in [7, 11) is 0. The highest BCUT2D eigenvalue weighted by atomic mass is 16.1. The van der Waals surface area contributed by atoms with Crippen LogP contribution in [0.5, 0.6) is 0 Å². The van der Waals surface area contributed by atoms with Crippen molar-refractivity contribution in [1.29, 1.82) is 0 Å². The van der Waals surface area contributed by atoms with Crippen LogP contribution in [0.3, 0.4) is 0 Å². The summed E-state index contributed by atoms with van der Waals surface area (Å²) in [5.41, 5.74) is 6.66. The highest BCUT2D eigenvalue weighted by Crippen LogP contribution is 2.27. The minimum absolute atomic E-state index is 0.223. The maximum Gasteiger partial charge on any atom is 0.152 e. The SMILES string of the molecule is N[C@]1(Cc2ccccc2)CCCC1=O. The van der Waals surface area contributed by atoms with Gasteiger partial charge in [-0.3, -0.25) is 4.79 Å². The molecule has 0 aliphatic heterocycles. The van der Waals surface area contributed by atoms with E-state index in [0.29, 0.717) is 12.8 Å². The fraction of sp³-hybridized carbons (Fsp3) is 0.417. The van der Waals surface area contributed by atoms with Gasteiger partial charge in [-0.25, -0.2) is 0 Å². The van der Waals surface area contributed by atoms with Gasteiger partial charge in [-0.15, -0.1) is 0 Å². The van der Waals surface area contributed by atoms with Crippen molar-refractivity contribution in [2.24, 2.45) is 5.73 Å². The fourth-order valence-electron chi connectivity index (χ4n) is 2.10. The van der Waals surface area contributed by atoms with E-state index >= 15 is 0 Å².